The fourth-order valence-corrected chi connectivity index (χ4v) is 4.72. The first-order chi connectivity index (χ1) is 19.1. The van der Waals surface area contributed by atoms with E-state index in [0.717, 1.165) is 5.56 Å². The number of nitrogens with zero attached hydrogens (tertiary/aromatic N) is 3. The second kappa shape index (κ2) is 14.4. The summed E-state index contributed by atoms with van der Waals surface area (Å²) < 4.78 is 38.4. The molecule has 7 nitrogen and oxygen atoms in total. The number of hydrogen-bond donors (Lipinski definition) is 3. The van der Waals surface area contributed by atoms with Crippen LogP contribution < -0.4 is 20.1 Å². The van der Waals surface area contributed by atoms with Crippen molar-refractivity contribution < 1.29 is 13.5 Å². The van der Waals surface area contributed by atoms with Gasteiger partial charge in [-0.05, 0) is 80.2 Å². The minimum Gasteiger partial charge on any atom is -0.435 e. The van der Waals surface area contributed by atoms with Crippen molar-refractivity contribution in [2.75, 3.05) is 30.2 Å². The fourth-order valence-electron chi connectivity index (χ4n) is 3.89. The molecule has 10 heteroatoms. The molecule has 1 aliphatic heterocycles. The molecular weight excluding hydrogens is 518 g/mol. The van der Waals surface area contributed by atoms with Gasteiger partial charge in [0.1, 0.15) is 0 Å². The Hall–Kier alpha value is -3.76. The molecule has 0 amide bonds. The molecule has 4 aromatic rings. The van der Waals surface area contributed by atoms with Gasteiger partial charge in [0, 0.05) is 25.2 Å². The molecule has 204 valence electrons. The topological polar surface area (TPSA) is 84.0 Å². The summed E-state index contributed by atoms with van der Waals surface area (Å²) in [6.45, 7) is 4.18. The molecule has 5 rings (SSSR count). The molecule has 3 heterocycles. The number of nitrogens with one attached hydrogen (secondary N) is 3. The Bertz CT molecular complexity index is 1340. The van der Waals surface area contributed by atoms with Crippen molar-refractivity contribution in [3.63, 3.8) is 0 Å². The van der Waals surface area contributed by atoms with Crippen molar-refractivity contribution in [3.05, 3.63) is 89.8 Å². The van der Waals surface area contributed by atoms with Crippen LogP contribution in [0.2, 0.25) is 0 Å². The van der Waals surface area contributed by atoms with E-state index < -0.39 is 11.6 Å². The second-order valence-corrected chi connectivity index (χ2v) is 9.64. The third-order valence-electron chi connectivity index (χ3n) is 5.97. The number of hydrogen-bond acceptors (Lipinski definition) is 8. The van der Waals surface area contributed by atoms with E-state index in [2.05, 4.69) is 30.3 Å². The third-order valence-corrected chi connectivity index (χ3v) is 6.79. The number of ether oxygens (including phenoxy) is 1. The lowest BCUT2D eigenvalue weighted by Crippen LogP contribution is -2.21. The van der Waals surface area contributed by atoms with E-state index in [1.165, 1.54) is 56.6 Å². The van der Waals surface area contributed by atoms with Crippen LogP contribution in [0.5, 0.6) is 11.6 Å². The first kappa shape index (κ1) is 28.3. The molecular formula is C29H32F2N6OS. The van der Waals surface area contributed by atoms with Crippen molar-refractivity contribution in [2.45, 2.75) is 31.9 Å². The van der Waals surface area contributed by atoms with E-state index in [9.17, 15) is 8.78 Å². The first-order valence-corrected chi connectivity index (χ1v) is 13.8. The number of aromatic nitrogens is 3. The van der Waals surface area contributed by atoms with Gasteiger partial charge in [-0.25, -0.2) is 19.3 Å². The molecule has 0 radical (unpaired) electrons. The van der Waals surface area contributed by atoms with Gasteiger partial charge in [0.05, 0.1) is 16.9 Å². The summed E-state index contributed by atoms with van der Waals surface area (Å²) in [5.74, 6) is -1.24. The molecule has 0 atom stereocenters. The van der Waals surface area contributed by atoms with Crippen LogP contribution >= 0.6 is 11.9 Å². The third kappa shape index (κ3) is 7.87. The van der Waals surface area contributed by atoms with Gasteiger partial charge in [-0.2, -0.15) is 4.39 Å². The highest BCUT2D eigenvalue weighted by Gasteiger charge is 2.20. The SMILES string of the molecule is C1CCNCC1.CNc1nccc(-c2cccnc2Oc2cc(C)c(NSCc3ccccc3)c(F)c2F)n1. The zero-order valence-corrected chi connectivity index (χ0v) is 22.8. The quantitative estimate of drug-likeness (QED) is 0.203. The minimum absolute atomic E-state index is 0.0801. The Morgan fingerprint density at radius 2 is 1.74 bits per heavy atom. The van der Waals surface area contributed by atoms with Crippen LogP contribution in [0.15, 0.2) is 67.0 Å². The zero-order valence-electron chi connectivity index (χ0n) is 22.0. The summed E-state index contributed by atoms with van der Waals surface area (Å²) in [6.07, 6.45) is 7.31. The van der Waals surface area contributed by atoms with Crippen LogP contribution in [0.4, 0.5) is 20.4 Å². The molecule has 0 unspecified atom stereocenters. The predicted molar refractivity (Wildman–Crippen MR) is 154 cm³/mol. The number of rotatable bonds is 8. The van der Waals surface area contributed by atoms with Gasteiger partial charge in [0.25, 0.3) is 0 Å². The minimum atomic E-state index is -1.10. The second-order valence-electron chi connectivity index (χ2n) is 8.86. The number of pyridine rings is 1. The molecule has 39 heavy (non-hydrogen) atoms. The summed E-state index contributed by atoms with van der Waals surface area (Å²) in [4.78, 5) is 12.7. The van der Waals surface area contributed by atoms with Crippen LogP contribution in [-0.2, 0) is 5.75 Å². The average Bonchev–Trinajstić information content (AvgIpc) is 2.99. The van der Waals surface area contributed by atoms with Gasteiger partial charge in [-0.15, -0.1) is 0 Å². The number of benzene rings is 2. The monoisotopic (exact) mass is 550 g/mol. The summed E-state index contributed by atoms with van der Waals surface area (Å²) in [7, 11) is 1.70. The maximum Gasteiger partial charge on any atom is 0.228 e. The van der Waals surface area contributed by atoms with Gasteiger partial charge in [0.2, 0.25) is 17.6 Å². The van der Waals surface area contributed by atoms with Crippen molar-refractivity contribution in [3.8, 4) is 22.9 Å². The summed E-state index contributed by atoms with van der Waals surface area (Å²) in [6, 6.07) is 16.3. The van der Waals surface area contributed by atoms with Crippen molar-refractivity contribution >= 4 is 23.6 Å². The Balaban J connectivity index is 0.000000519. The maximum atomic E-state index is 14.9. The number of anilines is 2. The largest absolute Gasteiger partial charge is 0.435 e. The lowest BCUT2D eigenvalue weighted by molar-refractivity contribution is 0.407. The smallest absolute Gasteiger partial charge is 0.228 e. The Kier molecular flexibility index (Phi) is 10.4. The Labute approximate surface area is 232 Å². The fraction of sp³-hybridized carbons (Fsp3) is 0.276. The molecule has 0 bridgehead atoms. The molecule has 1 saturated heterocycles. The van der Waals surface area contributed by atoms with Crippen LogP contribution in [0.1, 0.15) is 30.4 Å². The molecule has 0 saturated carbocycles. The van der Waals surface area contributed by atoms with Crippen molar-refractivity contribution in [2.24, 2.45) is 0 Å². The lowest BCUT2D eigenvalue weighted by atomic mass is 10.1. The van der Waals surface area contributed by atoms with E-state index >= 15 is 0 Å². The molecule has 2 aromatic heterocycles. The van der Waals surface area contributed by atoms with E-state index in [1.807, 2.05) is 30.3 Å². The van der Waals surface area contributed by atoms with Crippen molar-refractivity contribution in [1.29, 1.82) is 0 Å². The van der Waals surface area contributed by atoms with Gasteiger partial charge >= 0.3 is 0 Å². The maximum absolute atomic E-state index is 14.9. The number of aryl methyl sites for hydroxylation is 1. The normalized spacial score (nSPS) is 12.7. The average molecular weight is 551 g/mol. The molecule has 2 aromatic carbocycles. The molecule has 1 aliphatic rings. The van der Waals surface area contributed by atoms with Crippen LogP contribution in [0.3, 0.4) is 0 Å². The van der Waals surface area contributed by atoms with Crippen LogP contribution in [0.25, 0.3) is 11.3 Å². The zero-order chi connectivity index (χ0) is 27.5. The lowest BCUT2D eigenvalue weighted by Gasteiger charge is -2.15. The Morgan fingerprint density at radius 1 is 0.949 bits per heavy atom. The number of halogens is 2. The highest BCUT2D eigenvalue weighted by molar-refractivity contribution is 7.99. The predicted octanol–water partition coefficient (Wildman–Crippen LogP) is 6.98. The van der Waals surface area contributed by atoms with E-state index in [-0.39, 0.29) is 17.3 Å². The summed E-state index contributed by atoms with van der Waals surface area (Å²) >= 11 is 1.28. The van der Waals surface area contributed by atoms with Crippen LogP contribution in [0, 0.1) is 18.6 Å². The summed E-state index contributed by atoms with van der Waals surface area (Å²) in [5.41, 5.74) is 2.71. The number of piperidine rings is 1. The van der Waals surface area contributed by atoms with Gasteiger partial charge < -0.3 is 20.1 Å². The summed E-state index contributed by atoms with van der Waals surface area (Å²) in [5, 5.41) is 6.15. The first-order valence-electron chi connectivity index (χ1n) is 12.8. The van der Waals surface area contributed by atoms with Gasteiger partial charge in [-0.3, -0.25) is 0 Å². The highest BCUT2D eigenvalue weighted by Crippen LogP contribution is 2.36. The molecule has 1 fully saturated rings. The Morgan fingerprint density at radius 3 is 2.44 bits per heavy atom. The highest BCUT2D eigenvalue weighted by atomic mass is 32.2. The standard InChI is InChI=1S/C24H21F2N5OS.C5H11N/c1-15-13-19(20(25)21(26)22(15)31-33-14-16-7-4-3-5-8-16)32-23-17(9-6-11-28-23)18-10-12-29-24(27-2)30-18;1-2-4-6-5-3-1/h3-13,31H,14H2,1-2H3,(H,27,29,30);6H,1-5H2. The molecule has 0 spiro atoms. The molecule has 3 N–H and O–H groups in total. The van der Waals surface area contributed by atoms with E-state index in [1.54, 1.807) is 38.4 Å². The van der Waals surface area contributed by atoms with Gasteiger partial charge in [-0.1, -0.05) is 36.8 Å². The molecule has 0 aliphatic carbocycles. The van der Waals surface area contributed by atoms with Crippen LogP contribution in [-0.4, -0.2) is 35.1 Å². The van der Waals surface area contributed by atoms with Crippen molar-refractivity contribution in [1.82, 2.24) is 20.3 Å². The van der Waals surface area contributed by atoms with E-state index in [0.29, 0.717) is 28.5 Å². The van der Waals surface area contributed by atoms with E-state index in [4.69, 9.17) is 4.74 Å². The van der Waals surface area contributed by atoms with Gasteiger partial charge in [0.15, 0.2) is 11.6 Å².